The molecule has 3 heterocycles. The number of Topliss-reactive ketones (excluding diaryl/α,β-unsaturated/α-hetero) is 1. The van der Waals surface area contributed by atoms with Crippen molar-refractivity contribution < 1.29 is 9.53 Å². The molecule has 1 fully saturated rings. The van der Waals surface area contributed by atoms with Crippen molar-refractivity contribution in [2.24, 2.45) is 0 Å². The lowest BCUT2D eigenvalue weighted by Gasteiger charge is -2.36. The Bertz CT molecular complexity index is 1080. The average molecular weight is 399 g/mol. The number of aromatic nitrogens is 3. The van der Waals surface area contributed by atoms with E-state index in [0.717, 1.165) is 16.7 Å². The van der Waals surface area contributed by atoms with E-state index in [4.69, 9.17) is 15.7 Å². The first kappa shape index (κ1) is 19.7. The molecule has 150 valence electrons. The summed E-state index contributed by atoms with van der Waals surface area (Å²) >= 11 is 0. The first-order chi connectivity index (χ1) is 14.6. The Morgan fingerprint density at radius 1 is 1.07 bits per heavy atom. The van der Waals surface area contributed by atoms with Crippen LogP contribution in [0.15, 0.2) is 55.0 Å². The molecule has 2 N–H and O–H groups in total. The number of hydrogen-bond acceptors (Lipinski definition) is 7. The fraction of sp³-hybridized carbons (Fsp3) is 0.261. The minimum absolute atomic E-state index is 0.0944. The van der Waals surface area contributed by atoms with E-state index in [1.165, 1.54) is 0 Å². The number of benzene rings is 1. The van der Waals surface area contributed by atoms with Crippen molar-refractivity contribution in [3.05, 3.63) is 71.8 Å². The van der Waals surface area contributed by atoms with E-state index in [1.807, 2.05) is 24.3 Å². The highest BCUT2D eigenvalue weighted by atomic mass is 16.5. The van der Waals surface area contributed by atoms with E-state index >= 15 is 0 Å². The van der Waals surface area contributed by atoms with Gasteiger partial charge in [-0.05, 0) is 36.1 Å². The lowest BCUT2D eigenvalue weighted by Crippen LogP contribution is -2.42. The van der Waals surface area contributed by atoms with Gasteiger partial charge in [0, 0.05) is 49.5 Å². The van der Waals surface area contributed by atoms with Crippen LogP contribution in [0.5, 0.6) is 0 Å². The zero-order valence-corrected chi connectivity index (χ0v) is 16.4. The highest BCUT2D eigenvalue weighted by Crippen LogP contribution is 2.37. The van der Waals surface area contributed by atoms with Crippen LogP contribution in [0.1, 0.15) is 29.7 Å². The normalized spacial score (nSPS) is 15.3. The maximum absolute atomic E-state index is 13.5. The van der Waals surface area contributed by atoms with Crippen molar-refractivity contribution in [3.8, 4) is 17.2 Å². The highest BCUT2D eigenvalue weighted by Gasteiger charge is 2.41. The second-order valence-electron chi connectivity index (χ2n) is 7.35. The Hall–Kier alpha value is -3.63. The van der Waals surface area contributed by atoms with E-state index in [0.29, 0.717) is 37.3 Å². The minimum atomic E-state index is -0.626. The molecule has 0 unspecified atom stereocenters. The van der Waals surface area contributed by atoms with Gasteiger partial charge in [-0.25, -0.2) is 9.97 Å². The molecule has 0 amide bonds. The summed E-state index contributed by atoms with van der Waals surface area (Å²) in [6.45, 7) is 1.07. The van der Waals surface area contributed by atoms with E-state index < -0.39 is 5.41 Å². The van der Waals surface area contributed by atoms with Crippen LogP contribution in [0.2, 0.25) is 0 Å². The number of carbonyl (C=O) groups excluding carboxylic acids is 1. The van der Waals surface area contributed by atoms with Crippen LogP contribution in [0.3, 0.4) is 0 Å². The van der Waals surface area contributed by atoms with Crippen molar-refractivity contribution in [2.75, 3.05) is 18.9 Å². The van der Waals surface area contributed by atoms with Gasteiger partial charge in [0.15, 0.2) is 0 Å². The third-order valence-corrected chi connectivity index (χ3v) is 5.61. The van der Waals surface area contributed by atoms with Crippen LogP contribution >= 0.6 is 0 Å². The van der Waals surface area contributed by atoms with Gasteiger partial charge in [-0.3, -0.25) is 9.78 Å². The summed E-state index contributed by atoms with van der Waals surface area (Å²) < 4.78 is 5.55. The summed E-state index contributed by atoms with van der Waals surface area (Å²) in [6, 6.07) is 13.3. The Morgan fingerprint density at radius 2 is 1.77 bits per heavy atom. The zero-order chi connectivity index (χ0) is 21.0. The van der Waals surface area contributed by atoms with Crippen molar-refractivity contribution in [3.63, 3.8) is 0 Å². The van der Waals surface area contributed by atoms with Crippen LogP contribution in [0.25, 0.3) is 11.1 Å². The maximum Gasteiger partial charge on any atom is 0.219 e. The number of nitriles is 1. The van der Waals surface area contributed by atoms with Gasteiger partial charge in [-0.2, -0.15) is 5.26 Å². The Kier molecular flexibility index (Phi) is 5.50. The number of rotatable bonds is 5. The van der Waals surface area contributed by atoms with Crippen LogP contribution in [-0.2, 0) is 21.4 Å². The summed E-state index contributed by atoms with van der Waals surface area (Å²) in [5.41, 5.74) is 8.84. The van der Waals surface area contributed by atoms with Crippen LogP contribution in [0, 0.1) is 11.3 Å². The van der Waals surface area contributed by atoms with Crippen molar-refractivity contribution in [1.29, 1.82) is 5.26 Å². The molecule has 30 heavy (non-hydrogen) atoms. The number of ether oxygens (including phenoxy) is 1. The standard InChI is InChI=1S/C23H21N5O2/c24-13-16-5-8-26-20(11-16)12-21(29)23(6-9-30-10-7-23)19-3-1-17(2-4-19)18-14-27-22(25)28-15-18/h1-5,8,11,14-15H,6-7,9-10,12H2,(H2,25,27,28). The molecule has 7 nitrogen and oxygen atoms in total. The molecule has 1 aliphatic rings. The number of anilines is 1. The minimum Gasteiger partial charge on any atom is -0.381 e. The Labute approximate surface area is 174 Å². The molecule has 0 radical (unpaired) electrons. The largest absolute Gasteiger partial charge is 0.381 e. The fourth-order valence-electron chi connectivity index (χ4n) is 3.90. The van der Waals surface area contributed by atoms with E-state index in [9.17, 15) is 4.79 Å². The van der Waals surface area contributed by atoms with Crippen LogP contribution < -0.4 is 5.73 Å². The quantitative estimate of drug-likeness (QED) is 0.701. The number of nitrogens with two attached hydrogens (primary N) is 1. The molecule has 4 rings (SSSR count). The molecule has 2 aromatic heterocycles. The molecule has 0 bridgehead atoms. The summed E-state index contributed by atoms with van der Waals surface area (Å²) in [4.78, 5) is 25.8. The molecule has 0 spiro atoms. The van der Waals surface area contributed by atoms with Crippen molar-refractivity contribution >= 4 is 11.7 Å². The van der Waals surface area contributed by atoms with Crippen LogP contribution in [-0.4, -0.2) is 33.9 Å². The van der Waals surface area contributed by atoms with Gasteiger partial charge in [-0.1, -0.05) is 24.3 Å². The van der Waals surface area contributed by atoms with Gasteiger partial charge in [0.2, 0.25) is 5.95 Å². The van der Waals surface area contributed by atoms with Gasteiger partial charge in [-0.15, -0.1) is 0 Å². The second kappa shape index (κ2) is 8.39. The molecule has 7 heteroatoms. The second-order valence-corrected chi connectivity index (χ2v) is 7.35. The highest BCUT2D eigenvalue weighted by molar-refractivity contribution is 5.92. The SMILES string of the molecule is N#Cc1ccnc(CC(=O)C2(c3ccc(-c4cnc(N)nc4)cc3)CCOCC2)c1. The van der Waals surface area contributed by atoms with E-state index in [-0.39, 0.29) is 18.2 Å². The van der Waals surface area contributed by atoms with Crippen molar-refractivity contribution in [1.82, 2.24) is 15.0 Å². The lowest BCUT2D eigenvalue weighted by atomic mass is 9.69. The summed E-state index contributed by atoms with van der Waals surface area (Å²) in [7, 11) is 0. The number of nitrogen functional groups attached to an aromatic ring is 1. The summed E-state index contributed by atoms with van der Waals surface area (Å²) in [5.74, 6) is 0.327. The smallest absolute Gasteiger partial charge is 0.219 e. The Morgan fingerprint density at radius 3 is 2.43 bits per heavy atom. The average Bonchev–Trinajstić information content (AvgIpc) is 2.80. The number of ketones is 1. The summed E-state index contributed by atoms with van der Waals surface area (Å²) in [5, 5.41) is 9.11. The van der Waals surface area contributed by atoms with Gasteiger partial charge in [0.05, 0.1) is 17.0 Å². The zero-order valence-electron chi connectivity index (χ0n) is 16.4. The van der Waals surface area contributed by atoms with Gasteiger partial charge in [0.25, 0.3) is 0 Å². The molecule has 1 aliphatic heterocycles. The fourth-order valence-corrected chi connectivity index (χ4v) is 3.90. The number of carbonyl (C=O) groups is 1. The molecule has 3 aromatic rings. The molecule has 0 saturated carbocycles. The molecule has 1 aromatic carbocycles. The third-order valence-electron chi connectivity index (χ3n) is 5.61. The summed E-state index contributed by atoms with van der Waals surface area (Å²) in [6.07, 6.45) is 6.35. The lowest BCUT2D eigenvalue weighted by molar-refractivity contribution is -0.127. The topological polar surface area (TPSA) is 115 Å². The third kappa shape index (κ3) is 3.91. The molecular weight excluding hydrogens is 378 g/mol. The molecule has 0 atom stereocenters. The first-order valence-electron chi connectivity index (χ1n) is 9.75. The number of pyridine rings is 1. The van der Waals surface area contributed by atoms with E-state index in [2.05, 4.69) is 21.0 Å². The van der Waals surface area contributed by atoms with Crippen molar-refractivity contribution in [2.45, 2.75) is 24.7 Å². The van der Waals surface area contributed by atoms with Crippen LogP contribution in [0.4, 0.5) is 5.95 Å². The predicted molar refractivity (Wildman–Crippen MR) is 111 cm³/mol. The maximum atomic E-state index is 13.5. The van der Waals surface area contributed by atoms with Gasteiger partial charge < -0.3 is 10.5 Å². The van der Waals surface area contributed by atoms with E-state index in [1.54, 1.807) is 30.7 Å². The predicted octanol–water partition coefficient (Wildman–Crippen LogP) is 2.85. The Balaban J connectivity index is 1.63. The molecule has 0 aliphatic carbocycles. The van der Waals surface area contributed by atoms with Gasteiger partial charge >= 0.3 is 0 Å². The van der Waals surface area contributed by atoms with Gasteiger partial charge in [0.1, 0.15) is 5.78 Å². The molecular formula is C23H21N5O2. The first-order valence-corrected chi connectivity index (χ1v) is 9.75. The monoisotopic (exact) mass is 399 g/mol. The number of hydrogen-bond donors (Lipinski definition) is 1. The molecule has 1 saturated heterocycles. The number of nitrogens with zero attached hydrogens (tertiary/aromatic N) is 4.